The lowest BCUT2D eigenvalue weighted by atomic mass is 10.1. The fourth-order valence-electron chi connectivity index (χ4n) is 3.94. The van der Waals surface area contributed by atoms with E-state index >= 15 is 0 Å². The van der Waals surface area contributed by atoms with Crippen LogP contribution in [0, 0.1) is 0 Å². The van der Waals surface area contributed by atoms with Crippen LogP contribution in [0.4, 0.5) is 5.69 Å². The smallest absolute Gasteiger partial charge is 0.244 e. The summed E-state index contributed by atoms with van der Waals surface area (Å²) in [5.74, 6) is -0.200. The number of nitrogens with one attached hydrogen (secondary N) is 1. The molecule has 2 aromatic rings. The maximum atomic E-state index is 13.9. The van der Waals surface area contributed by atoms with Crippen molar-refractivity contribution in [1.29, 1.82) is 0 Å². The third kappa shape index (κ3) is 7.07. The molecule has 0 aromatic heterocycles. The van der Waals surface area contributed by atoms with Gasteiger partial charge in [0, 0.05) is 23.2 Å². The Labute approximate surface area is 223 Å². The van der Waals surface area contributed by atoms with Gasteiger partial charge in [-0.05, 0) is 57.9 Å². The van der Waals surface area contributed by atoms with Crippen LogP contribution in [0.25, 0.3) is 0 Å². The number of nitrogens with zero attached hydrogens (tertiary/aromatic N) is 2. The van der Waals surface area contributed by atoms with Gasteiger partial charge in [0.2, 0.25) is 28.6 Å². The highest BCUT2D eigenvalue weighted by atomic mass is 35.5. The van der Waals surface area contributed by atoms with Crippen molar-refractivity contribution in [2.75, 3.05) is 23.4 Å². The van der Waals surface area contributed by atoms with Gasteiger partial charge in [0.15, 0.2) is 11.5 Å². The van der Waals surface area contributed by atoms with E-state index in [1.54, 1.807) is 43.3 Å². The Morgan fingerprint density at radius 2 is 1.76 bits per heavy atom. The number of benzene rings is 2. The van der Waals surface area contributed by atoms with Crippen LogP contribution >= 0.6 is 11.6 Å². The van der Waals surface area contributed by atoms with Gasteiger partial charge in [-0.15, -0.1) is 0 Å². The molecule has 0 bridgehead atoms. The Morgan fingerprint density at radius 1 is 1.08 bits per heavy atom. The summed E-state index contributed by atoms with van der Waals surface area (Å²) in [6.45, 7) is 8.44. The summed E-state index contributed by atoms with van der Waals surface area (Å²) in [6, 6.07) is 10.9. The number of anilines is 1. The van der Waals surface area contributed by atoms with E-state index in [2.05, 4.69) is 5.32 Å². The number of rotatable bonds is 10. The quantitative estimate of drug-likeness (QED) is 0.479. The summed E-state index contributed by atoms with van der Waals surface area (Å²) in [7, 11) is -3.86. The average Bonchev–Trinajstić information content (AvgIpc) is 3.30. The van der Waals surface area contributed by atoms with Crippen LogP contribution in [0.3, 0.4) is 0 Å². The molecular formula is C26H34ClN3O6S. The Kier molecular flexibility index (Phi) is 8.96. The molecule has 2 amide bonds. The molecule has 202 valence electrons. The predicted octanol–water partition coefficient (Wildman–Crippen LogP) is 3.95. The lowest BCUT2D eigenvalue weighted by Gasteiger charge is -2.34. The molecule has 0 radical (unpaired) electrons. The number of carbonyl (C=O) groups excluding carboxylic acids is 2. The average molecular weight is 552 g/mol. The zero-order valence-corrected chi connectivity index (χ0v) is 23.4. The Morgan fingerprint density at radius 3 is 2.38 bits per heavy atom. The standard InChI is InChI=1S/C26H34ClN3O6S/c1-6-21(25(32)28-26(3,4)5)29(15-18-10-8-9-11-20(18)27)24(31)16-30(37(33,34)7-2)19-12-13-22-23(14-19)36-17-35-22/h8-14,21H,6-7,15-17H2,1-5H3,(H,28,32). The first-order valence-corrected chi connectivity index (χ1v) is 14.1. The molecule has 1 N–H and O–H groups in total. The SMILES string of the molecule is CCC(C(=O)NC(C)(C)C)N(Cc1ccccc1Cl)C(=O)CN(c1ccc2c(c1)OCO2)S(=O)(=O)CC. The van der Waals surface area contributed by atoms with E-state index in [0.29, 0.717) is 28.5 Å². The van der Waals surface area contributed by atoms with E-state index in [-0.39, 0.29) is 30.7 Å². The molecule has 1 heterocycles. The Bertz CT molecular complexity index is 1250. The van der Waals surface area contributed by atoms with Crippen LogP contribution in [0.2, 0.25) is 5.02 Å². The van der Waals surface area contributed by atoms with Gasteiger partial charge in [0.05, 0.1) is 11.4 Å². The highest BCUT2D eigenvalue weighted by Crippen LogP contribution is 2.36. The van der Waals surface area contributed by atoms with Crippen molar-refractivity contribution in [1.82, 2.24) is 10.2 Å². The van der Waals surface area contributed by atoms with Crippen molar-refractivity contribution in [2.24, 2.45) is 0 Å². The van der Waals surface area contributed by atoms with Crippen LogP contribution in [0.5, 0.6) is 11.5 Å². The molecule has 37 heavy (non-hydrogen) atoms. The third-order valence-electron chi connectivity index (χ3n) is 5.81. The van der Waals surface area contributed by atoms with E-state index in [9.17, 15) is 18.0 Å². The number of ether oxygens (including phenoxy) is 2. The monoisotopic (exact) mass is 551 g/mol. The molecule has 1 aliphatic rings. The zero-order valence-electron chi connectivity index (χ0n) is 21.8. The lowest BCUT2D eigenvalue weighted by Crippen LogP contribution is -2.55. The number of hydrogen-bond donors (Lipinski definition) is 1. The molecule has 9 nitrogen and oxygen atoms in total. The van der Waals surface area contributed by atoms with Crippen LogP contribution in [0.1, 0.15) is 46.6 Å². The molecule has 1 unspecified atom stereocenters. The van der Waals surface area contributed by atoms with Gasteiger partial charge in [-0.1, -0.05) is 36.7 Å². The van der Waals surface area contributed by atoms with Crippen molar-refractivity contribution in [3.8, 4) is 11.5 Å². The van der Waals surface area contributed by atoms with Gasteiger partial charge in [-0.3, -0.25) is 13.9 Å². The Balaban J connectivity index is 2.00. The fraction of sp³-hybridized carbons (Fsp3) is 0.462. The van der Waals surface area contributed by atoms with Gasteiger partial charge in [0.25, 0.3) is 0 Å². The largest absolute Gasteiger partial charge is 0.454 e. The van der Waals surface area contributed by atoms with Crippen molar-refractivity contribution in [3.63, 3.8) is 0 Å². The molecule has 11 heteroatoms. The highest BCUT2D eigenvalue weighted by Gasteiger charge is 2.34. The molecule has 2 aromatic carbocycles. The predicted molar refractivity (Wildman–Crippen MR) is 143 cm³/mol. The highest BCUT2D eigenvalue weighted by molar-refractivity contribution is 7.92. The van der Waals surface area contributed by atoms with Gasteiger partial charge < -0.3 is 19.7 Å². The summed E-state index contributed by atoms with van der Waals surface area (Å²) in [6.07, 6.45) is 0.322. The minimum Gasteiger partial charge on any atom is -0.454 e. The number of fused-ring (bicyclic) bond motifs is 1. The number of halogens is 1. The lowest BCUT2D eigenvalue weighted by molar-refractivity contribution is -0.141. The van der Waals surface area contributed by atoms with Gasteiger partial charge in [-0.25, -0.2) is 8.42 Å². The Hall–Kier alpha value is -2.98. The first-order chi connectivity index (χ1) is 17.4. The normalized spacial score (nSPS) is 13.7. The molecular weight excluding hydrogens is 518 g/mol. The number of carbonyl (C=O) groups is 2. The second kappa shape index (κ2) is 11.6. The zero-order chi connectivity index (χ0) is 27.4. The van der Waals surface area contributed by atoms with E-state index in [1.807, 2.05) is 20.8 Å². The summed E-state index contributed by atoms with van der Waals surface area (Å²) in [5.41, 5.74) is 0.394. The van der Waals surface area contributed by atoms with Gasteiger partial charge >= 0.3 is 0 Å². The van der Waals surface area contributed by atoms with Gasteiger partial charge in [-0.2, -0.15) is 0 Å². The second-order valence-corrected chi connectivity index (χ2v) is 12.3. The molecule has 0 aliphatic carbocycles. The maximum Gasteiger partial charge on any atom is 0.244 e. The van der Waals surface area contributed by atoms with Crippen LogP contribution in [-0.4, -0.2) is 55.8 Å². The molecule has 0 saturated heterocycles. The van der Waals surface area contributed by atoms with E-state index in [0.717, 1.165) is 4.31 Å². The van der Waals surface area contributed by atoms with E-state index in [1.165, 1.54) is 17.9 Å². The molecule has 0 fully saturated rings. The van der Waals surface area contributed by atoms with E-state index in [4.69, 9.17) is 21.1 Å². The molecule has 0 spiro atoms. The van der Waals surface area contributed by atoms with Crippen LogP contribution < -0.4 is 19.1 Å². The van der Waals surface area contributed by atoms with Crippen molar-refractivity contribution in [2.45, 2.75) is 59.2 Å². The third-order valence-corrected chi connectivity index (χ3v) is 7.92. The first kappa shape index (κ1) is 28.6. The van der Waals surface area contributed by atoms with Gasteiger partial charge in [0.1, 0.15) is 12.6 Å². The summed E-state index contributed by atoms with van der Waals surface area (Å²) in [4.78, 5) is 28.5. The maximum absolute atomic E-state index is 13.9. The van der Waals surface area contributed by atoms with Crippen molar-refractivity contribution >= 4 is 39.1 Å². The molecule has 3 rings (SSSR count). The van der Waals surface area contributed by atoms with Crippen LogP contribution in [0.15, 0.2) is 42.5 Å². The molecule has 0 saturated carbocycles. The van der Waals surface area contributed by atoms with Crippen molar-refractivity contribution in [3.05, 3.63) is 53.1 Å². The first-order valence-electron chi connectivity index (χ1n) is 12.1. The summed E-state index contributed by atoms with van der Waals surface area (Å²) < 4.78 is 38.0. The topological polar surface area (TPSA) is 105 Å². The number of amides is 2. The summed E-state index contributed by atoms with van der Waals surface area (Å²) >= 11 is 6.39. The van der Waals surface area contributed by atoms with Crippen molar-refractivity contribution < 1.29 is 27.5 Å². The summed E-state index contributed by atoms with van der Waals surface area (Å²) in [5, 5.41) is 3.38. The number of hydrogen-bond acceptors (Lipinski definition) is 6. The number of sulfonamides is 1. The minimum absolute atomic E-state index is 0.0327. The molecule has 1 atom stereocenters. The van der Waals surface area contributed by atoms with E-state index < -0.39 is 34.1 Å². The fourth-order valence-corrected chi connectivity index (χ4v) is 5.19. The second-order valence-electron chi connectivity index (χ2n) is 9.72. The minimum atomic E-state index is -3.86. The van der Waals surface area contributed by atoms with Crippen LogP contribution in [-0.2, 0) is 26.2 Å². The molecule has 1 aliphatic heterocycles.